The Bertz CT molecular complexity index is 978. The highest BCUT2D eigenvalue weighted by molar-refractivity contribution is 5.92. The minimum absolute atomic E-state index is 0.0189. The average molecular weight is 394 g/mol. The second-order valence-corrected chi connectivity index (χ2v) is 6.65. The van der Waals surface area contributed by atoms with Crippen molar-refractivity contribution in [2.45, 2.75) is 26.4 Å². The first-order chi connectivity index (χ1) is 14.0. The fourth-order valence-corrected chi connectivity index (χ4v) is 2.69. The van der Waals surface area contributed by atoms with Gasteiger partial charge in [-0.2, -0.15) is 0 Å². The summed E-state index contributed by atoms with van der Waals surface area (Å²) >= 11 is 0. The molecule has 0 saturated heterocycles. The minimum Gasteiger partial charge on any atom is -0.489 e. The van der Waals surface area contributed by atoms with Crippen LogP contribution in [0.1, 0.15) is 29.9 Å². The quantitative estimate of drug-likeness (QED) is 0.601. The van der Waals surface area contributed by atoms with Crippen LogP contribution in [-0.2, 0) is 6.42 Å². The molecule has 3 rings (SSSR count). The van der Waals surface area contributed by atoms with Crippen LogP contribution >= 0.6 is 0 Å². The van der Waals surface area contributed by atoms with Gasteiger partial charge in [0.15, 0.2) is 0 Å². The third-order valence-electron chi connectivity index (χ3n) is 4.02. The Hall–Kier alpha value is -3.48. The first-order valence-electron chi connectivity index (χ1n) is 9.40. The molecule has 0 fully saturated rings. The van der Waals surface area contributed by atoms with E-state index in [2.05, 4.69) is 20.6 Å². The van der Waals surface area contributed by atoms with Gasteiger partial charge in [-0.1, -0.05) is 30.3 Å². The van der Waals surface area contributed by atoms with Crippen LogP contribution < -0.4 is 15.4 Å². The largest absolute Gasteiger partial charge is 0.489 e. The second-order valence-electron chi connectivity index (χ2n) is 6.65. The Kier molecular flexibility index (Phi) is 6.73. The van der Waals surface area contributed by atoms with E-state index >= 15 is 0 Å². The maximum Gasteiger partial charge on any atom is 0.270 e. The smallest absolute Gasteiger partial charge is 0.270 e. The predicted octanol–water partition coefficient (Wildman–Crippen LogP) is 4.12. The van der Waals surface area contributed by atoms with Crippen molar-refractivity contribution < 1.29 is 13.9 Å². The van der Waals surface area contributed by atoms with E-state index in [1.807, 2.05) is 38.1 Å². The molecule has 0 spiro atoms. The summed E-state index contributed by atoms with van der Waals surface area (Å²) < 4.78 is 19.4. The molecule has 0 saturated carbocycles. The van der Waals surface area contributed by atoms with E-state index < -0.39 is 0 Å². The molecular weight excluding hydrogens is 371 g/mol. The molecule has 1 aromatic heterocycles. The lowest BCUT2D eigenvalue weighted by Gasteiger charge is -2.14. The normalized spacial score (nSPS) is 10.6. The monoisotopic (exact) mass is 394 g/mol. The third kappa shape index (κ3) is 5.75. The molecule has 1 amide bonds. The number of amides is 1. The Morgan fingerprint density at radius 3 is 2.66 bits per heavy atom. The first-order valence-corrected chi connectivity index (χ1v) is 9.40. The van der Waals surface area contributed by atoms with Crippen LogP contribution in [0.4, 0.5) is 16.0 Å². The van der Waals surface area contributed by atoms with E-state index in [1.165, 1.54) is 18.3 Å². The van der Waals surface area contributed by atoms with Crippen LogP contribution in [0, 0.1) is 5.82 Å². The number of carbonyl (C=O) groups excluding carboxylic acids is 1. The zero-order valence-electron chi connectivity index (χ0n) is 16.4. The van der Waals surface area contributed by atoms with E-state index in [9.17, 15) is 9.18 Å². The molecule has 7 heteroatoms. The number of para-hydroxylation sites is 2. The molecule has 2 aromatic carbocycles. The lowest BCUT2D eigenvalue weighted by Crippen LogP contribution is -2.27. The standard InChI is InChI=1S/C22H23FN4O2/c1-15(2)29-20-10-6-5-9-18(20)26-22-25-14-12-19(27-22)21(28)24-13-11-16-7-3-4-8-17(16)23/h3-10,12,14-15H,11,13H2,1-2H3,(H,24,28)(H,25,26,27). The summed E-state index contributed by atoms with van der Waals surface area (Å²) in [6.45, 7) is 4.19. The highest BCUT2D eigenvalue weighted by atomic mass is 19.1. The van der Waals surface area contributed by atoms with Gasteiger partial charge in [0.25, 0.3) is 5.91 Å². The first kappa shape index (κ1) is 20.3. The molecule has 150 valence electrons. The van der Waals surface area contributed by atoms with Crippen molar-refractivity contribution in [2.24, 2.45) is 0 Å². The maximum absolute atomic E-state index is 13.7. The van der Waals surface area contributed by atoms with Crippen molar-refractivity contribution in [1.29, 1.82) is 0 Å². The van der Waals surface area contributed by atoms with Gasteiger partial charge in [-0.25, -0.2) is 14.4 Å². The lowest BCUT2D eigenvalue weighted by atomic mass is 10.1. The maximum atomic E-state index is 13.7. The van der Waals surface area contributed by atoms with Gasteiger partial charge in [-0.05, 0) is 50.1 Å². The van der Waals surface area contributed by atoms with Crippen LogP contribution in [0.2, 0.25) is 0 Å². The fourth-order valence-electron chi connectivity index (χ4n) is 2.69. The Morgan fingerprint density at radius 2 is 1.86 bits per heavy atom. The molecule has 2 N–H and O–H groups in total. The SMILES string of the molecule is CC(C)Oc1ccccc1Nc1nccc(C(=O)NCCc2ccccc2F)n1. The molecule has 3 aromatic rings. The van der Waals surface area contributed by atoms with E-state index in [-0.39, 0.29) is 29.5 Å². The molecule has 0 bridgehead atoms. The molecule has 0 aliphatic carbocycles. The highest BCUT2D eigenvalue weighted by Crippen LogP contribution is 2.27. The van der Waals surface area contributed by atoms with Crippen molar-refractivity contribution >= 4 is 17.5 Å². The number of halogens is 1. The van der Waals surface area contributed by atoms with Crippen molar-refractivity contribution in [3.05, 3.63) is 77.9 Å². The van der Waals surface area contributed by atoms with E-state index in [0.717, 1.165) is 0 Å². The molecule has 0 unspecified atom stereocenters. The number of hydrogen-bond donors (Lipinski definition) is 2. The second kappa shape index (κ2) is 9.64. The summed E-state index contributed by atoms with van der Waals surface area (Å²) in [5, 5.41) is 5.84. The number of anilines is 2. The molecule has 0 atom stereocenters. The number of hydrogen-bond acceptors (Lipinski definition) is 5. The van der Waals surface area contributed by atoms with E-state index in [1.54, 1.807) is 18.2 Å². The third-order valence-corrected chi connectivity index (χ3v) is 4.02. The van der Waals surface area contributed by atoms with Crippen LogP contribution in [0.25, 0.3) is 0 Å². The fraction of sp³-hybridized carbons (Fsp3) is 0.227. The van der Waals surface area contributed by atoms with Crippen molar-refractivity contribution in [1.82, 2.24) is 15.3 Å². The van der Waals surface area contributed by atoms with Gasteiger partial charge in [0.05, 0.1) is 11.8 Å². The Morgan fingerprint density at radius 1 is 1.10 bits per heavy atom. The van der Waals surface area contributed by atoms with Gasteiger partial charge in [0.2, 0.25) is 5.95 Å². The van der Waals surface area contributed by atoms with Gasteiger partial charge in [0.1, 0.15) is 17.3 Å². The van der Waals surface area contributed by atoms with Gasteiger partial charge in [0, 0.05) is 12.7 Å². The summed E-state index contributed by atoms with van der Waals surface area (Å²) in [6.07, 6.45) is 1.92. The van der Waals surface area contributed by atoms with Gasteiger partial charge in [-0.15, -0.1) is 0 Å². The molecule has 1 heterocycles. The number of carbonyl (C=O) groups is 1. The number of aromatic nitrogens is 2. The molecule has 0 aliphatic rings. The number of nitrogens with one attached hydrogen (secondary N) is 2. The summed E-state index contributed by atoms with van der Waals surface area (Å²) in [4.78, 5) is 20.8. The summed E-state index contributed by atoms with van der Waals surface area (Å²) in [6, 6.07) is 15.5. The predicted molar refractivity (Wildman–Crippen MR) is 110 cm³/mol. The van der Waals surface area contributed by atoms with Gasteiger partial charge in [-0.3, -0.25) is 4.79 Å². The summed E-state index contributed by atoms with van der Waals surface area (Å²) in [7, 11) is 0. The zero-order valence-corrected chi connectivity index (χ0v) is 16.4. The number of ether oxygens (including phenoxy) is 1. The topological polar surface area (TPSA) is 76.1 Å². The number of rotatable bonds is 8. The van der Waals surface area contributed by atoms with Gasteiger partial charge < -0.3 is 15.4 Å². The summed E-state index contributed by atoms with van der Waals surface area (Å²) in [5.74, 6) is 0.327. The van der Waals surface area contributed by atoms with Crippen molar-refractivity contribution in [3.8, 4) is 5.75 Å². The van der Waals surface area contributed by atoms with Crippen LogP contribution in [-0.4, -0.2) is 28.5 Å². The molecule has 0 radical (unpaired) electrons. The minimum atomic E-state index is -0.349. The van der Waals surface area contributed by atoms with Crippen LogP contribution in [0.3, 0.4) is 0 Å². The molecule has 0 aliphatic heterocycles. The van der Waals surface area contributed by atoms with E-state index in [4.69, 9.17) is 4.74 Å². The van der Waals surface area contributed by atoms with Crippen LogP contribution in [0.15, 0.2) is 60.8 Å². The number of benzene rings is 2. The average Bonchev–Trinajstić information content (AvgIpc) is 2.71. The Balaban J connectivity index is 1.63. The van der Waals surface area contributed by atoms with Crippen molar-refractivity contribution in [3.63, 3.8) is 0 Å². The lowest BCUT2D eigenvalue weighted by molar-refractivity contribution is 0.0949. The summed E-state index contributed by atoms with van der Waals surface area (Å²) in [5.41, 5.74) is 1.48. The zero-order chi connectivity index (χ0) is 20.6. The highest BCUT2D eigenvalue weighted by Gasteiger charge is 2.11. The van der Waals surface area contributed by atoms with Crippen molar-refractivity contribution in [2.75, 3.05) is 11.9 Å². The molecule has 29 heavy (non-hydrogen) atoms. The molecule has 6 nitrogen and oxygen atoms in total. The van der Waals surface area contributed by atoms with Crippen LogP contribution in [0.5, 0.6) is 5.75 Å². The molecular formula is C22H23FN4O2. The Labute approximate surface area is 169 Å². The number of nitrogens with zero attached hydrogens (tertiary/aromatic N) is 2. The van der Waals surface area contributed by atoms with E-state index in [0.29, 0.717) is 30.0 Å². The van der Waals surface area contributed by atoms with Gasteiger partial charge >= 0.3 is 0 Å².